The second-order valence-electron chi connectivity index (χ2n) is 6.36. The quantitative estimate of drug-likeness (QED) is 0.827. The highest BCUT2D eigenvalue weighted by molar-refractivity contribution is 5.60. The summed E-state index contributed by atoms with van der Waals surface area (Å²) in [7, 11) is 0. The van der Waals surface area contributed by atoms with Crippen LogP contribution in [-0.2, 0) is 0 Å². The molecule has 1 aromatic carbocycles. The van der Waals surface area contributed by atoms with Crippen molar-refractivity contribution in [3.05, 3.63) is 36.0 Å². The van der Waals surface area contributed by atoms with Gasteiger partial charge in [0.2, 0.25) is 5.95 Å². The number of benzene rings is 1. The van der Waals surface area contributed by atoms with Gasteiger partial charge in [0, 0.05) is 42.8 Å². The molecular weight excluding hydrogens is 298 g/mol. The van der Waals surface area contributed by atoms with Crippen LogP contribution in [0.1, 0.15) is 38.3 Å². The lowest BCUT2D eigenvalue weighted by Crippen LogP contribution is -2.29. The average Bonchev–Trinajstić information content (AvgIpc) is 2.61. The predicted molar refractivity (Wildman–Crippen MR) is 101 cm³/mol. The van der Waals surface area contributed by atoms with E-state index in [1.807, 2.05) is 13.0 Å². The van der Waals surface area contributed by atoms with Crippen molar-refractivity contribution in [2.24, 2.45) is 0 Å². The molecule has 1 saturated heterocycles. The lowest BCUT2D eigenvalue weighted by Gasteiger charge is -2.28. The number of anilines is 4. The Kier molecular flexibility index (Phi) is 5.51. The first kappa shape index (κ1) is 16.6. The van der Waals surface area contributed by atoms with E-state index in [4.69, 9.17) is 0 Å². The van der Waals surface area contributed by atoms with Gasteiger partial charge in [0.25, 0.3) is 0 Å². The first-order valence-corrected chi connectivity index (χ1v) is 8.96. The molecule has 0 unspecified atom stereocenters. The Labute approximate surface area is 144 Å². The topological polar surface area (TPSA) is 53.1 Å². The fourth-order valence-electron chi connectivity index (χ4n) is 3.00. The molecule has 1 aliphatic rings. The number of hydrogen-bond acceptors (Lipinski definition) is 5. The van der Waals surface area contributed by atoms with Crippen molar-refractivity contribution in [3.63, 3.8) is 0 Å². The van der Waals surface area contributed by atoms with E-state index in [0.717, 1.165) is 30.2 Å². The maximum Gasteiger partial charge on any atom is 0.229 e. The highest BCUT2D eigenvalue weighted by Gasteiger charge is 2.10. The Balaban J connectivity index is 1.68. The molecule has 2 aromatic rings. The van der Waals surface area contributed by atoms with Gasteiger partial charge in [0.1, 0.15) is 5.82 Å². The Morgan fingerprint density at radius 3 is 2.50 bits per heavy atom. The molecule has 0 radical (unpaired) electrons. The first-order chi connectivity index (χ1) is 11.7. The van der Waals surface area contributed by atoms with Crippen molar-refractivity contribution in [2.75, 3.05) is 35.2 Å². The second kappa shape index (κ2) is 7.99. The Morgan fingerprint density at radius 1 is 1.04 bits per heavy atom. The molecule has 128 valence electrons. The fourth-order valence-corrected chi connectivity index (χ4v) is 3.00. The van der Waals surface area contributed by atoms with Crippen LogP contribution in [0.15, 0.2) is 30.3 Å². The second-order valence-corrected chi connectivity index (χ2v) is 6.36. The number of nitrogens with zero attached hydrogens (tertiary/aromatic N) is 3. The fraction of sp³-hybridized carbons (Fsp3) is 0.474. The van der Waals surface area contributed by atoms with Gasteiger partial charge in [-0.05, 0) is 56.9 Å². The predicted octanol–water partition coefficient (Wildman–Crippen LogP) is 4.34. The third-order valence-electron chi connectivity index (χ3n) is 4.25. The van der Waals surface area contributed by atoms with E-state index in [2.05, 4.69) is 56.7 Å². The van der Waals surface area contributed by atoms with Crippen LogP contribution in [-0.4, -0.2) is 29.6 Å². The molecule has 3 rings (SSSR count). The van der Waals surface area contributed by atoms with Crippen LogP contribution in [0.3, 0.4) is 0 Å². The Bertz CT molecular complexity index is 647. The summed E-state index contributed by atoms with van der Waals surface area (Å²) in [5.74, 6) is 1.51. The third kappa shape index (κ3) is 4.37. The first-order valence-electron chi connectivity index (χ1n) is 8.96. The van der Waals surface area contributed by atoms with Crippen molar-refractivity contribution in [1.82, 2.24) is 9.97 Å². The molecule has 1 aliphatic heterocycles. The van der Waals surface area contributed by atoms with E-state index in [0.29, 0.717) is 5.95 Å². The summed E-state index contributed by atoms with van der Waals surface area (Å²) in [6.07, 6.45) is 5.02. The van der Waals surface area contributed by atoms with E-state index in [1.165, 1.54) is 38.0 Å². The summed E-state index contributed by atoms with van der Waals surface area (Å²) in [6.45, 7) is 7.38. The van der Waals surface area contributed by atoms with Gasteiger partial charge in [0.05, 0.1) is 0 Å². The lowest BCUT2D eigenvalue weighted by molar-refractivity contribution is 0.578. The molecule has 2 N–H and O–H groups in total. The lowest BCUT2D eigenvalue weighted by atomic mass is 10.1. The molecule has 2 heterocycles. The van der Waals surface area contributed by atoms with Crippen LogP contribution in [0.5, 0.6) is 0 Å². The van der Waals surface area contributed by atoms with Gasteiger partial charge in [0.15, 0.2) is 0 Å². The summed E-state index contributed by atoms with van der Waals surface area (Å²) < 4.78 is 0. The third-order valence-corrected chi connectivity index (χ3v) is 4.25. The van der Waals surface area contributed by atoms with E-state index < -0.39 is 0 Å². The van der Waals surface area contributed by atoms with Crippen LogP contribution in [0, 0.1) is 6.92 Å². The van der Waals surface area contributed by atoms with Gasteiger partial charge >= 0.3 is 0 Å². The molecule has 5 nitrogen and oxygen atoms in total. The summed E-state index contributed by atoms with van der Waals surface area (Å²) in [4.78, 5) is 11.5. The van der Waals surface area contributed by atoms with Crippen LogP contribution in [0.2, 0.25) is 0 Å². The molecule has 0 aliphatic carbocycles. The standard InChI is InChI=1S/C19H27N5/c1-3-11-20-18-14-15(2)21-19(23-18)22-16-7-9-17(10-8-16)24-12-5-4-6-13-24/h7-10,14H,3-6,11-13H2,1-2H3,(H2,20,21,22,23). The maximum atomic E-state index is 4.53. The molecule has 0 amide bonds. The molecule has 0 spiro atoms. The van der Waals surface area contributed by atoms with Crippen molar-refractivity contribution in [1.29, 1.82) is 0 Å². The highest BCUT2D eigenvalue weighted by atomic mass is 15.1. The van der Waals surface area contributed by atoms with Gasteiger partial charge in [-0.3, -0.25) is 0 Å². The average molecular weight is 325 g/mol. The van der Waals surface area contributed by atoms with Gasteiger partial charge < -0.3 is 15.5 Å². The highest BCUT2D eigenvalue weighted by Crippen LogP contribution is 2.23. The zero-order valence-corrected chi connectivity index (χ0v) is 14.7. The normalized spacial score (nSPS) is 14.5. The van der Waals surface area contributed by atoms with Crippen LogP contribution in [0.4, 0.5) is 23.1 Å². The van der Waals surface area contributed by atoms with Crippen molar-refractivity contribution in [2.45, 2.75) is 39.5 Å². The number of hydrogen-bond donors (Lipinski definition) is 2. The zero-order valence-electron chi connectivity index (χ0n) is 14.7. The van der Waals surface area contributed by atoms with Crippen LogP contribution in [0.25, 0.3) is 0 Å². The largest absolute Gasteiger partial charge is 0.372 e. The molecule has 0 bridgehead atoms. The molecule has 1 fully saturated rings. The van der Waals surface area contributed by atoms with Crippen molar-refractivity contribution >= 4 is 23.1 Å². The monoisotopic (exact) mass is 325 g/mol. The molecule has 0 atom stereocenters. The molecule has 24 heavy (non-hydrogen) atoms. The van der Waals surface area contributed by atoms with Crippen molar-refractivity contribution < 1.29 is 0 Å². The van der Waals surface area contributed by atoms with E-state index >= 15 is 0 Å². The minimum atomic E-state index is 0.638. The molecule has 1 aromatic heterocycles. The van der Waals surface area contributed by atoms with E-state index in [9.17, 15) is 0 Å². The van der Waals surface area contributed by atoms with E-state index in [-0.39, 0.29) is 0 Å². The van der Waals surface area contributed by atoms with Gasteiger partial charge in [-0.25, -0.2) is 4.98 Å². The minimum Gasteiger partial charge on any atom is -0.372 e. The molecule has 5 heteroatoms. The number of aryl methyl sites for hydroxylation is 1. The number of nitrogens with one attached hydrogen (secondary N) is 2. The number of aromatic nitrogens is 2. The van der Waals surface area contributed by atoms with Crippen molar-refractivity contribution in [3.8, 4) is 0 Å². The Hall–Kier alpha value is -2.30. The Morgan fingerprint density at radius 2 is 1.79 bits per heavy atom. The van der Waals surface area contributed by atoms with Gasteiger partial charge in [-0.1, -0.05) is 6.92 Å². The summed E-state index contributed by atoms with van der Waals surface area (Å²) in [6, 6.07) is 10.5. The smallest absolute Gasteiger partial charge is 0.229 e. The SMILES string of the molecule is CCCNc1cc(C)nc(Nc2ccc(N3CCCCC3)cc2)n1. The molecule has 0 saturated carbocycles. The number of piperidine rings is 1. The number of rotatable bonds is 6. The maximum absolute atomic E-state index is 4.53. The zero-order chi connectivity index (χ0) is 16.8. The summed E-state index contributed by atoms with van der Waals surface area (Å²) in [5.41, 5.74) is 3.27. The van der Waals surface area contributed by atoms with Crippen LogP contribution < -0.4 is 15.5 Å². The van der Waals surface area contributed by atoms with E-state index in [1.54, 1.807) is 0 Å². The summed E-state index contributed by atoms with van der Waals surface area (Å²) >= 11 is 0. The van der Waals surface area contributed by atoms with Gasteiger partial charge in [-0.2, -0.15) is 4.98 Å². The molecular formula is C19H27N5. The van der Waals surface area contributed by atoms with Gasteiger partial charge in [-0.15, -0.1) is 0 Å². The van der Waals surface area contributed by atoms with Crippen LogP contribution >= 0.6 is 0 Å². The summed E-state index contributed by atoms with van der Waals surface area (Å²) in [5, 5.41) is 6.63. The minimum absolute atomic E-state index is 0.638.